The van der Waals surface area contributed by atoms with E-state index in [4.69, 9.17) is 42.6 Å². The summed E-state index contributed by atoms with van der Waals surface area (Å²) in [4.78, 5) is 59.5. The molecule has 4 aromatic rings. The second-order valence-corrected chi connectivity index (χ2v) is 9.58. The summed E-state index contributed by atoms with van der Waals surface area (Å²) in [6, 6.07) is 10.9. The van der Waals surface area contributed by atoms with E-state index in [1.54, 1.807) is 31.2 Å². The van der Waals surface area contributed by atoms with Gasteiger partial charge in [0.05, 0.1) is 0 Å². The van der Waals surface area contributed by atoms with Crippen LogP contribution in [0.2, 0.25) is 10.0 Å². The smallest absolute Gasteiger partial charge is 0.373 e. The van der Waals surface area contributed by atoms with Crippen LogP contribution in [-0.2, 0) is 23.7 Å². The monoisotopic (exact) mass is 590 g/mol. The summed E-state index contributed by atoms with van der Waals surface area (Å²) in [5.41, 5.74) is -0.967. The Morgan fingerprint density at radius 3 is 2.35 bits per heavy atom. The van der Waals surface area contributed by atoms with Crippen molar-refractivity contribution < 1.29 is 29.0 Å². The Bertz CT molecular complexity index is 1690. The molecular formula is C26H24Cl2N4O8. The predicted octanol–water partition coefficient (Wildman–Crippen LogP) is 2.80. The molecule has 2 unspecified atom stereocenters. The third-order valence-corrected chi connectivity index (χ3v) is 6.74. The van der Waals surface area contributed by atoms with Gasteiger partial charge in [-0.3, -0.25) is 13.9 Å². The Morgan fingerprint density at radius 2 is 1.70 bits per heavy atom. The molecule has 0 aliphatic heterocycles. The zero-order valence-corrected chi connectivity index (χ0v) is 23.0. The van der Waals surface area contributed by atoms with Crippen LogP contribution >= 0.6 is 23.2 Å². The normalized spacial score (nSPS) is 12.6. The minimum absolute atomic E-state index is 0.0226. The van der Waals surface area contributed by atoms with E-state index in [0.29, 0.717) is 22.8 Å². The van der Waals surface area contributed by atoms with Crippen molar-refractivity contribution in [1.29, 1.82) is 0 Å². The number of benzene rings is 2. The molecule has 0 amide bonds. The predicted molar refractivity (Wildman–Crippen MR) is 145 cm³/mol. The number of carbonyl (C=O) groups is 2. The zero-order valence-electron chi connectivity index (χ0n) is 21.5. The van der Waals surface area contributed by atoms with Gasteiger partial charge in [0.2, 0.25) is 6.10 Å². The van der Waals surface area contributed by atoms with E-state index in [0.717, 1.165) is 20.2 Å². The first-order valence-corrected chi connectivity index (χ1v) is 12.7. The van der Waals surface area contributed by atoms with E-state index in [2.05, 4.69) is 4.98 Å². The summed E-state index contributed by atoms with van der Waals surface area (Å²) < 4.78 is 14.3. The van der Waals surface area contributed by atoms with Crippen molar-refractivity contribution in [3.05, 3.63) is 85.2 Å². The van der Waals surface area contributed by atoms with Gasteiger partial charge < -0.3 is 19.4 Å². The Labute approximate surface area is 236 Å². The number of aryl methyl sites for hydroxylation is 1. The number of rotatable bonds is 10. The Kier molecular flexibility index (Phi) is 8.50. The maximum Gasteiger partial charge on any atom is 0.373 e. The van der Waals surface area contributed by atoms with Crippen LogP contribution in [0.25, 0.3) is 11.2 Å². The van der Waals surface area contributed by atoms with Gasteiger partial charge in [-0.15, -0.1) is 0 Å². The Hall–Kier alpha value is -4.29. The number of aliphatic carboxylic acids is 1. The number of imidazole rings is 1. The fraction of sp³-hybridized carbons (Fsp3) is 0.269. The lowest BCUT2D eigenvalue weighted by molar-refractivity contribution is -0.153. The van der Waals surface area contributed by atoms with Gasteiger partial charge in [-0.05, 0) is 54.4 Å². The lowest BCUT2D eigenvalue weighted by Gasteiger charge is -2.27. The minimum atomic E-state index is -1.31. The molecule has 0 aliphatic rings. The van der Waals surface area contributed by atoms with Crippen molar-refractivity contribution in [2.45, 2.75) is 25.4 Å². The first-order chi connectivity index (χ1) is 19.0. The molecule has 14 heteroatoms. The van der Waals surface area contributed by atoms with Crippen LogP contribution < -0.4 is 25.6 Å². The van der Waals surface area contributed by atoms with Crippen molar-refractivity contribution >= 4 is 46.3 Å². The van der Waals surface area contributed by atoms with Gasteiger partial charge in [0, 0.05) is 30.1 Å². The zero-order chi connectivity index (χ0) is 29.1. The maximum absolute atomic E-state index is 13.7. The number of ether oxygens (including phenoxy) is 2. The van der Waals surface area contributed by atoms with E-state index >= 15 is 0 Å². The van der Waals surface area contributed by atoms with Crippen molar-refractivity contribution in [3.63, 3.8) is 0 Å². The van der Waals surface area contributed by atoms with Gasteiger partial charge in [0.15, 0.2) is 17.8 Å². The summed E-state index contributed by atoms with van der Waals surface area (Å²) in [5, 5.41) is 9.71. The quantitative estimate of drug-likeness (QED) is 0.294. The number of nitrogens with zero attached hydrogens (tertiary/aromatic N) is 4. The highest BCUT2D eigenvalue weighted by atomic mass is 35.5. The molecule has 2 aromatic carbocycles. The third-order valence-electron chi connectivity index (χ3n) is 6.15. The maximum atomic E-state index is 13.7. The van der Waals surface area contributed by atoms with Crippen LogP contribution in [0.15, 0.2) is 58.4 Å². The summed E-state index contributed by atoms with van der Waals surface area (Å²) in [6.07, 6.45) is 0.125. The molecule has 0 bridgehead atoms. The second kappa shape index (κ2) is 11.8. The molecule has 0 radical (unpaired) electrons. The van der Waals surface area contributed by atoms with E-state index in [1.165, 1.54) is 32.3 Å². The molecule has 2 atom stereocenters. The highest BCUT2D eigenvalue weighted by Crippen LogP contribution is 2.35. The van der Waals surface area contributed by atoms with E-state index in [9.17, 15) is 19.2 Å². The summed E-state index contributed by atoms with van der Waals surface area (Å²) in [5.74, 6) is -2.25. The number of fused-ring (bicyclic) bond motifs is 1. The number of halogens is 2. The molecular weight excluding hydrogens is 567 g/mol. The van der Waals surface area contributed by atoms with E-state index in [-0.39, 0.29) is 21.9 Å². The molecule has 0 saturated carbocycles. The fourth-order valence-electron chi connectivity index (χ4n) is 4.13. The number of hydrogen-bond acceptors (Lipinski definition) is 8. The molecule has 4 rings (SSSR count). The molecule has 1 N–H and O–H groups in total. The minimum Gasteiger partial charge on any atom is -0.482 e. The van der Waals surface area contributed by atoms with Crippen LogP contribution in [-0.4, -0.2) is 48.6 Å². The van der Waals surface area contributed by atoms with Crippen LogP contribution in [0.3, 0.4) is 0 Å². The lowest BCUT2D eigenvalue weighted by atomic mass is 9.90. The number of carboxylic acids is 1. The SMILES string of the molecule is CCC(c1cc(OCC(=O)O)ccc1Cl)C(Oc1ccc(Cl)cc1)C(=O)On1cnc2c1c(=O)n(C)c(=O)n2C. The van der Waals surface area contributed by atoms with Crippen LogP contribution in [0.1, 0.15) is 24.8 Å². The largest absolute Gasteiger partial charge is 0.482 e. The lowest BCUT2D eigenvalue weighted by Crippen LogP contribution is -2.41. The Balaban J connectivity index is 1.77. The number of hydrogen-bond donors (Lipinski definition) is 1. The molecule has 2 heterocycles. The highest BCUT2D eigenvalue weighted by Gasteiger charge is 2.35. The summed E-state index contributed by atoms with van der Waals surface area (Å²) >= 11 is 12.5. The second-order valence-electron chi connectivity index (χ2n) is 8.73. The van der Waals surface area contributed by atoms with Crippen LogP contribution in [0.4, 0.5) is 0 Å². The molecule has 40 heavy (non-hydrogen) atoms. The molecule has 210 valence electrons. The van der Waals surface area contributed by atoms with Gasteiger partial charge in [-0.25, -0.2) is 19.4 Å². The van der Waals surface area contributed by atoms with Crippen molar-refractivity contribution in [2.24, 2.45) is 14.1 Å². The van der Waals surface area contributed by atoms with Crippen molar-refractivity contribution in [3.8, 4) is 11.5 Å². The first-order valence-electron chi connectivity index (χ1n) is 11.9. The molecule has 0 aliphatic carbocycles. The number of carboxylic acid groups (broad SMARTS) is 1. The third kappa shape index (κ3) is 5.82. The first kappa shape index (κ1) is 28.7. The molecule has 12 nitrogen and oxygen atoms in total. The van der Waals surface area contributed by atoms with Crippen molar-refractivity contribution in [1.82, 2.24) is 18.8 Å². The topological polar surface area (TPSA) is 144 Å². The number of aromatic nitrogens is 4. The molecule has 0 fully saturated rings. The average Bonchev–Trinajstić information content (AvgIpc) is 3.35. The molecule has 0 saturated heterocycles. The fourth-order valence-corrected chi connectivity index (χ4v) is 4.52. The summed E-state index contributed by atoms with van der Waals surface area (Å²) in [7, 11) is 2.73. The Morgan fingerprint density at radius 1 is 1.02 bits per heavy atom. The number of carbonyl (C=O) groups excluding carboxylic acids is 1. The van der Waals surface area contributed by atoms with Gasteiger partial charge in [0.1, 0.15) is 17.8 Å². The summed E-state index contributed by atoms with van der Waals surface area (Å²) in [6.45, 7) is 1.23. The molecule has 0 spiro atoms. The van der Waals surface area contributed by atoms with Gasteiger partial charge in [-0.1, -0.05) is 30.1 Å². The van der Waals surface area contributed by atoms with E-state index < -0.39 is 41.8 Å². The van der Waals surface area contributed by atoms with Crippen molar-refractivity contribution in [2.75, 3.05) is 6.61 Å². The average molecular weight is 591 g/mol. The molecule has 2 aromatic heterocycles. The van der Waals surface area contributed by atoms with E-state index in [1.807, 2.05) is 0 Å². The van der Waals surface area contributed by atoms with Gasteiger partial charge in [-0.2, -0.15) is 4.73 Å². The van der Waals surface area contributed by atoms with Crippen LogP contribution in [0, 0.1) is 0 Å². The van der Waals surface area contributed by atoms with Crippen LogP contribution in [0.5, 0.6) is 11.5 Å². The standard InChI is InChI=1S/C26H24Cl2N4O8/c1-4-17(18-11-16(9-10-19(18)28)38-12-20(33)34)22(39-15-7-5-14(27)6-8-15)25(36)40-32-13-29-23-21(32)24(35)31(3)26(37)30(23)2/h5-11,13,17,22H,4,12H2,1-3H3,(H,33,34). The van der Waals surface area contributed by atoms with Gasteiger partial charge in [0.25, 0.3) is 5.56 Å². The highest BCUT2D eigenvalue weighted by molar-refractivity contribution is 6.31. The van der Waals surface area contributed by atoms with Gasteiger partial charge >= 0.3 is 17.6 Å².